The molecule has 2 saturated carbocycles. The number of halogens is 1. The van der Waals surface area contributed by atoms with Gasteiger partial charge in [0.1, 0.15) is 18.2 Å². The van der Waals surface area contributed by atoms with Crippen molar-refractivity contribution in [3.8, 4) is 22.8 Å². The maximum absolute atomic E-state index is 15.0. The molecular formula is C32H36FNO4. The average Bonchev–Trinajstić information content (AvgIpc) is 3.68. The molecule has 3 aromatic rings. The van der Waals surface area contributed by atoms with Crippen LogP contribution in [-0.4, -0.2) is 23.2 Å². The van der Waals surface area contributed by atoms with Crippen molar-refractivity contribution in [1.82, 2.24) is 4.98 Å². The molecule has 38 heavy (non-hydrogen) atoms. The fraction of sp³-hybridized carbons (Fsp3) is 0.438. The summed E-state index contributed by atoms with van der Waals surface area (Å²) in [7, 11) is 1.54. The number of rotatable bonds is 10. The van der Waals surface area contributed by atoms with Crippen LogP contribution < -0.4 is 9.47 Å². The number of hydrogen-bond acceptors (Lipinski definition) is 4. The van der Waals surface area contributed by atoms with Crippen molar-refractivity contribution in [1.29, 1.82) is 0 Å². The molecule has 200 valence electrons. The van der Waals surface area contributed by atoms with Gasteiger partial charge in [-0.1, -0.05) is 50.6 Å². The summed E-state index contributed by atoms with van der Waals surface area (Å²) in [6.07, 6.45) is 6.87. The van der Waals surface area contributed by atoms with Crippen molar-refractivity contribution < 1.29 is 23.8 Å². The van der Waals surface area contributed by atoms with Crippen LogP contribution in [0, 0.1) is 17.2 Å². The minimum absolute atomic E-state index is 0.0267. The smallest absolute Gasteiger partial charge is 0.303 e. The van der Waals surface area contributed by atoms with E-state index < -0.39 is 5.97 Å². The van der Waals surface area contributed by atoms with Crippen molar-refractivity contribution in [3.05, 3.63) is 77.2 Å². The molecule has 1 N–H and O–H groups in total. The number of carboxylic acid groups (broad SMARTS) is 1. The number of benzene rings is 2. The number of pyridine rings is 1. The number of nitrogens with zero attached hydrogens (tertiary/aromatic N) is 1. The van der Waals surface area contributed by atoms with Gasteiger partial charge in [-0.05, 0) is 83.2 Å². The molecule has 0 amide bonds. The predicted molar refractivity (Wildman–Crippen MR) is 145 cm³/mol. The minimum Gasteiger partial charge on any atom is -0.489 e. The molecule has 1 heterocycles. The molecule has 2 aliphatic rings. The third-order valence-corrected chi connectivity index (χ3v) is 8.36. The van der Waals surface area contributed by atoms with Gasteiger partial charge in [-0.15, -0.1) is 0 Å². The van der Waals surface area contributed by atoms with Crippen LogP contribution in [-0.2, 0) is 11.4 Å². The van der Waals surface area contributed by atoms with E-state index in [0.717, 1.165) is 60.1 Å². The molecule has 0 aliphatic heterocycles. The summed E-state index contributed by atoms with van der Waals surface area (Å²) in [4.78, 5) is 15.4. The van der Waals surface area contributed by atoms with E-state index in [1.807, 2.05) is 36.4 Å². The molecule has 0 saturated heterocycles. The molecule has 2 aliphatic carbocycles. The Labute approximate surface area is 224 Å². The number of ether oxygens (including phenoxy) is 2. The van der Waals surface area contributed by atoms with Crippen LogP contribution in [0.15, 0.2) is 54.7 Å². The van der Waals surface area contributed by atoms with Gasteiger partial charge in [0.15, 0.2) is 0 Å². The lowest BCUT2D eigenvalue weighted by Gasteiger charge is -2.30. The minimum atomic E-state index is -0.765. The maximum Gasteiger partial charge on any atom is 0.303 e. The lowest BCUT2D eigenvalue weighted by Crippen LogP contribution is -2.17. The maximum atomic E-state index is 15.0. The van der Waals surface area contributed by atoms with Gasteiger partial charge in [-0.3, -0.25) is 4.79 Å². The zero-order chi connectivity index (χ0) is 26.9. The first kappa shape index (κ1) is 26.2. The SMILES string of the molecule is COc1cc(-c2ccc(COc3cccc([C@@H](CC(=O)O)C4CC4)c3)cc2[C@H]2CCCC2(C)C)c(F)cn1. The monoisotopic (exact) mass is 517 g/mol. The van der Waals surface area contributed by atoms with Gasteiger partial charge in [-0.25, -0.2) is 9.37 Å². The second-order valence-corrected chi connectivity index (χ2v) is 11.5. The Kier molecular flexibility index (Phi) is 7.42. The van der Waals surface area contributed by atoms with Gasteiger partial charge in [0, 0.05) is 11.6 Å². The molecule has 5 nitrogen and oxygen atoms in total. The molecular weight excluding hydrogens is 481 g/mol. The van der Waals surface area contributed by atoms with Crippen LogP contribution in [0.25, 0.3) is 11.1 Å². The molecule has 6 heteroatoms. The second kappa shape index (κ2) is 10.8. The summed E-state index contributed by atoms with van der Waals surface area (Å²) in [6, 6.07) is 15.7. The van der Waals surface area contributed by atoms with Gasteiger partial charge in [0.2, 0.25) is 5.88 Å². The molecule has 2 fully saturated rings. The van der Waals surface area contributed by atoms with Crippen LogP contribution in [0.1, 0.15) is 80.9 Å². The molecule has 0 unspecified atom stereocenters. The van der Waals surface area contributed by atoms with Crippen LogP contribution in [0.3, 0.4) is 0 Å². The van der Waals surface area contributed by atoms with Crippen molar-refractivity contribution in [3.63, 3.8) is 0 Å². The lowest BCUT2D eigenvalue weighted by atomic mass is 9.75. The van der Waals surface area contributed by atoms with Crippen LogP contribution in [0.5, 0.6) is 11.6 Å². The fourth-order valence-electron chi connectivity index (χ4n) is 6.12. The number of methoxy groups -OCH3 is 1. The van der Waals surface area contributed by atoms with Crippen LogP contribution >= 0.6 is 0 Å². The highest BCUT2D eigenvalue weighted by Gasteiger charge is 2.37. The number of carboxylic acids is 1. The van der Waals surface area contributed by atoms with Crippen molar-refractivity contribution in [2.24, 2.45) is 11.3 Å². The van der Waals surface area contributed by atoms with E-state index in [1.165, 1.54) is 13.3 Å². The molecule has 0 bridgehead atoms. The topological polar surface area (TPSA) is 68.7 Å². The molecule has 0 spiro atoms. The van der Waals surface area contributed by atoms with E-state index in [2.05, 4.69) is 24.9 Å². The first-order chi connectivity index (χ1) is 18.2. The molecule has 2 aromatic carbocycles. The Balaban J connectivity index is 1.43. The molecule has 0 radical (unpaired) electrons. The zero-order valence-electron chi connectivity index (χ0n) is 22.4. The first-order valence-corrected chi connectivity index (χ1v) is 13.5. The summed E-state index contributed by atoms with van der Waals surface area (Å²) < 4.78 is 26.5. The van der Waals surface area contributed by atoms with Gasteiger partial charge in [0.05, 0.1) is 19.7 Å². The Hall–Kier alpha value is -3.41. The Morgan fingerprint density at radius 1 is 1.13 bits per heavy atom. The number of aromatic nitrogens is 1. The van der Waals surface area contributed by atoms with E-state index in [4.69, 9.17) is 9.47 Å². The normalized spacial score (nSPS) is 19.2. The third kappa shape index (κ3) is 5.69. The van der Waals surface area contributed by atoms with Gasteiger partial charge < -0.3 is 14.6 Å². The summed E-state index contributed by atoms with van der Waals surface area (Å²) >= 11 is 0. The lowest BCUT2D eigenvalue weighted by molar-refractivity contribution is -0.137. The van der Waals surface area contributed by atoms with Crippen LogP contribution in [0.2, 0.25) is 0 Å². The Morgan fingerprint density at radius 2 is 1.95 bits per heavy atom. The van der Waals surface area contributed by atoms with Gasteiger partial charge in [-0.2, -0.15) is 0 Å². The third-order valence-electron chi connectivity index (χ3n) is 8.36. The zero-order valence-corrected chi connectivity index (χ0v) is 22.4. The summed E-state index contributed by atoms with van der Waals surface area (Å²) in [6.45, 7) is 4.96. The molecule has 2 atom stereocenters. The van der Waals surface area contributed by atoms with Gasteiger partial charge in [0.25, 0.3) is 0 Å². The van der Waals surface area contributed by atoms with Crippen molar-refractivity contribution in [2.45, 2.75) is 70.8 Å². The first-order valence-electron chi connectivity index (χ1n) is 13.5. The Morgan fingerprint density at radius 3 is 2.63 bits per heavy atom. The largest absolute Gasteiger partial charge is 0.489 e. The van der Waals surface area contributed by atoms with Crippen molar-refractivity contribution in [2.75, 3.05) is 7.11 Å². The molecule has 1 aromatic heterocycles. The standard InChI is InChI=1S/C32H36FNO4/c1-32(2)13-5-8-28(32)26-14-20(9-12-24(26)27-16-30(37-3)34-18-29(27)33)19-38-23-7-4-6-22(15-23)25(17-31(35)36)21-10-11-21/h4,6-7,9,12,14-16,18,21,25,28H,5,8,10-11,13,17,19H2,1-3H3,(H,35,36)/t25-,28+/m0/s1. The summed E-state index contributed by atoms with van der Waals surface area (Å²) in [5.74, 6) is 0.758. The second-order valence-electron chi connectivity index (χ2n) is 11.5. The Bertz CT molecular complexity index is 1320. The van der Waals surface area contributed by atoms with Crippen LogP contribution in [0.4, 0.5) is 4.39 Å². The van der Waals surface area contributed by atoms with Crippen molar-refractivity contribution >= 4 is 5.97 Å². The predicted octanol–water partition coefficient (Wildman–Crippen LogP) is 7.74. The van der Waals surface area contributed by atoms with E-state index in [0.29, 0.717) is 29.9 Å². The average molecular weight is 518 g/mol. The van der Waals surface area contributed by atoms with E-state index in [1.54, 1.807) is 6.07 Å². The summed E-state index contributed by atoms with van der Waals surface area (Å²) in [5, 5.41) is 9.38. The number of aliphatic carboxylic acids is 1. The number of carbonyl (C=O) groups is 1. The highest BCUT2D eigenvalue weighted by Crippen LogP contribution is 2.51. The van der Waals surface area contributed by atoms with Gasteiger partial charge >= 0.3 is 5.97 Å². The summed E-state index contributed by atoms with van der Waals surface area (Å²) in [5.41, 5.74) is 4.65. The van der Waals surface area contributed by atoms with E-state index in [-0.39, 0.29) is 23.6 Å². The highest BCUT2D eigenvalue weighted by molar-refractivity contribution is 5.70. The molecule has 5 rings (SSSR count). The van der Waals surface area contributed by atoms with E-state index >= 15 is 0 Å². The number of hydrogen-bond donors (Lipinski definition) is 1. The fourth-order valence-corrected chi connectivity index (χ4v) is 6.12. The van der Waals surface area contributed by atoms with E-state index in [9.17, 15) is 14.3 Å². The highest BCUT2D eigenvalue weighted by atomic mass is 19.1. The quantitative estimate of drug-likeness (QED) is 0.298.